The van der Waals surface area contributed by atoms with Crippen molar-refractivity contribution in [3.63, 3.8) is 0 Å². The van der Waals surface area contributed by atoms with Crippen molar-refractivity contribution in [2.45, 2.75) is 72.3 Å². The van der Waals surface area contributed by atoms with E-state index in [1.807, 2.05) is 13.8 Å². The van der Waals surface area contributed by atoms with Crippen molar-refractivity contribution in [3.05, 3.63) is 17.0 Å². The third-order valence-corrected chi connectivity index (χ3v) is 4.74. The highest BCUT2D eigenvalue weighted by Crippen LogP contribution is 2.20. The first-order valence-corrected chi connectivity index (χ1v) is 8.84. The van der Waals surface area contributed by atoms with Crippen LogP contribution in [0.5, 0.6) is 0 Å². The molecule has 1 N–H and O–H groups in total. The van der Waals surface area contributed by atoms with Crippen molar-refractivity contribution in [1.82, 2.24) is 15.4 Å². The minimum absolute atomic E-state index is 0.0369. The van der Waals surface area contributed by atoms with Gasteiger partial charge in [-0.15, -0.1) is 0 Å². The molecule has 0 spiro atoms. The van der Waals surface area contributed by atoms with Gasteiger partial charge in [0.05, 0.1) is 0 Å². The van der Waals surface area contributed by atoms with Crippen LogP contribution in [0.2, 0.25) is 0 Å². The van der Waals surface area contributed by atoms with Gasteiger partial charge in [-0.25, -0.2) is 0 Å². The van der Waals surface area contributed by atoms with Gasteiger partial charge in [-0.2, -0.15) is 0 Å². The number of likely N-dealkylation sites (N-methyl/N-ethyl adjacent to an activating group) is 1. The Morgan fingerprint density at radius 3 is 2.52 bits per heavy atom. The molecule has 0 aromatic carbocycles. The second-order valence-corrected chi connectivity index (χ2v) is 6.64. The van der Waals surface area contributed by atoms with E-state index in [0.717, 1.165) is 37.1 Å². The van der Waals surface area contributed by atoms with E-state index >= 15 is 0 Å². The van der Waals surface area contributed by atoms with Crippen LogP contribution in [-0.2, 0) is 6.42 Å². The second kappa shape index (κ2) is 9.06. The van der Waals surface area contributed by atoms with Crippen molar-refractivity contribution in [3.8, 4) is 0 Å². The molecule has 0 aliphatic heterocycles. The monoisotopic (exact) mass is 323 g/mol. The molecule has 1 atom stereocenters. The minimum Gasteiger partial charge on any atom is -0.360 e. The molecule has 132 valence electrons. The molecule has 0 bridgehead atoms. The lowest BCUT2D eigenvalue weighted by Crippen LogP contribution is -2.52. The summed E-state index contributed by atoms with van der Waals surface area (Å²) in [7, 11) is 2.15. The summed E-state index contributed by atoms with van der Waals surface area (Å²) in [5, 5.41) is 6.98. The predicted molar refractivity (Wildman–Crippen MR) is 93.8 cm³/mol. The highest BCUT2D eigenvalue weighted by atomic mass is 16.5. The average molecular weight is 323 g/mol. The summed E-state index contributed by atoms with van der Waals surface area (Å²) in [5.41, 5.74) is 1.23. The number of hydrogen-bond donors (Lipinski definition) is 1. The van der Waals surface area contributed by atoms with Crippen molar-refractivity contribution in [2.75, 3.05) is 20.1 Å². The van der Waals surface area contributed by atoms with Crippen LogP contribution in [0.3, 0.4) is 0 Å². The molecule has 0 saturated carbocycles. The summed E-state index contributed by atoms with van der Waals surface area (Å²) in [6.07, 6.45) is 5.24. The molecule has 1 aromatic rings. The first-order valence-electron chi connectivity index (χ1n) is 8.84. The van der Waals surface area contributed by atoms with Gasteiger partial charge in [-0.3, -0.25) is 9.69 Å². The molecular formula is C18H33N3O2. The smallest absolute Gasteiger partial charge is 0.273 e. The van der Waals surface area contributed by atoms with Crippen molar-refractivity contribution < 1.29 is 9.32 Å². The molecule has 1 heterocycles. The zero-order valence-corrected chi connectivity index (χ0v) is 15.7. The lowest BCUT2D eigenvalue weighted by molar-refractivity contribution is 0.0856. The van der Waals surface area contributed by atoms with Crippen molar-refractivity contribution >= 4 is 5.91 Å². The summed E-state index contributed by atoms with van der Waals surface area (Å²) in [6.45, 7) is 12.2. The normalized spacial score (nSPS) is 14.0. The Balaban J connectivity index is 2.73. The Bertz CT molecular complexity index is 498. The summed E-state index contributed by atoms with van der Waals surface area (Å²) in [5.74, 6) is 0.642. The van der Waals surface area contributed by atoms with Crippen LogP contribution < -0.4 is 5.32 Å². The number of rotatable bonds is 10. The molecule has 0 saturated heterocycles. The summed E-state index contributed by atoms with van der Waals surface area (Å²) in [6, 6.07) is 0. The highest BCUT2D eigenvalue weighted by molar-refractivity contribution is 5.93. The number of hydrogen-bond acceptors (Lipinski definition) is 4. The highest BCUT2D eigenvalue weighted by Gasteiger charge is 2.29. The number of aromatic nitrogens is 1. The molecule has 1 aromatic heterocycles. The second-order valence-electron chi connectivity index (χ2n) is 6.64. The van der Waals surface area contributed by atoms with Crippen LogP contribution in [0.25, 0.3) is 0 Å². The zero-order valence-electron chi connectivity index (χ0n) is 15.7. The summed E-state index contributed by atoms with van der Waals surface area (Å²) in [4.78, 5) is 14.8. The van der Waals surface area contributed by atoms with Crippen molar-refractivity contribution in [2.24, 2.45) is 0 Å². The van der Waals surface area contributed by atoms with E-state index in [-0.39, 0.29) is 11.4 Å². The molecule has 5 heteroatoms. The molecular weight excluding hydrogens is 290 g/mol. The number of carbonyl (C=O) groups is 1. The Hall–Kier alpha value is -1.36. The fraction of sp³-hybridized carbons (Fsp3) is 0.778. The van der Waals surface area contributed by atoms with E-state index in [9.17, 15) is 4.79 Å². The molecule has 0 fully saturated rings. The summed E-state index contributed by atoms with van der Waals surface area (Å²) >= 11 is 0. The minimum atomic E-state index is -0.142. The summed E-state index contributed by atoms with van der Waals surface area (Å²) < 4.78 is 5.22. The number of nitrogens with one attached hydrogen (secondary N) is 1. The van der Waals surface area contributed by atoms with E-state index in [0.29, 0.717) is 12.2 Å². The maximum absolute atomic E-state index is 12.4. The van der Waals surface area contributed by atoms with E-state index in [1.165, 1.54) is 12.8 Å². The Morgan fingerprint density at radius 2 is 2.00 bits per heavy atom. The van der Waals surface area contributed by atoms with E-state index < -0.39 is 0 Å². The third kappa shape index (κ3) is 5.06. The average Bonchev–Trinajstić information content (AvgIpc) is 2.91. The molecule has 1 rings (SSSR count). The lowest BCUT2D eigenvalue weighted by atomic mass is 9.93. The topological polar surface area (TPSA) is 58.4 Å². The fourth-order valence-electron chi connectivity index (χ4n) is 2.88. The molecule has 0 radical (unpaired) electrons. The van der Waals surface area contributed by atoms with E-state index in [1.54, 1.807) is 0 Å². The number of aryl methyl sites for hydroxylation is 1. The number of unbranched alkanes of at least 4 members (excludes halogenated alkanes) is 1. The van der Waals surface area contributed by atoms with Gasteiger partial charge in [-0.1, -0.05) is 38.8 Å². The van der Waals surface area contributed by atoms with Gasteiger partial charge in [0.2, 0.25) is 0 Å². The van der Waals surface area contributed by atoms with Crippen LogP contribution >= 0.6 is 0 Å². The maximum Gasteiger partial charge on any atom is 0.273 e. The third-order valence-electron chi connectivity index (χ3n) is 4.74. The van der Waals surface area contributed by atoms with Crippen LogP contribution in [0.1, 0.15) is 75.2 Å². The molecule has 1 amide bonds. The zero-order chi connectivity index (χ0) is 17.5. The molecule has 5 nitrogen and oxygen atoms in total. The Kier molecular flexibility index (Phi) is 7.76. The van der Waals surface area contributed by atoms with Gasteiger partial charge in [0.1, 0.15) is 5.76 Å². The van der Waals surface area contributed by atoms with Crippen LogP contribution in [0.4, 0.5) is 0 Å². The van der Waals surface area contributed by atoms with Gasteiger partial charge < -0.3 is 9.84 Å². The first-order chi connectivity index (χ1) is 10.9. The van der Waals surface area contributed by atoms with Gasteiger partial charge >= 0.3 is 0 Å². The number of amides is 1. The van der Waals surface area contributed by atoms with E-state index in [4.69, 9.17) is 4.52 Å². The van der Waals surface area contributed by atoms with Gasteiger partial charge in [0.15, 0.2) is 5.69 Å². The van der Waals surface area contributed by atoms with Gasteiger partial charge in [0.25, 0.3) is 5.91 Å². The SMILES string of the molecule is CCCCN(C)C(C)(CCC)CNC(=O)c1noc(CC)c1C. The predicted octanol–water partition coefficient (Wildman–Crippen LogP) is 3.57. The van der Waals surface area contributed by atoms with Gasteiger partial charge in [-0.05, 0) is 40.3 Å². The van der Waals surface area contributed by atoms with Gasteiger partial charge in [0, 0.05) is 24.1 Å². The molecule has 0 aliphatic rings. The van der Waals surface area contributed by atoms with Crippen LogP contribution in [-0.4, -0.2) is 41.6 Å². The fourth-order valence-corrected chi connectivity index (χ4v) is 2.88. The lowest BCUT2D eigenvalue weighted by Gasteiger charge is -2.39. The van der Waals surface area contributed by atoms with E-state index in [2.05, 4.69) is 43.2 Å². The first kappa shape index (κ1) is 19.7. The molecule has 23 heavy (non-hydrogen) atoms. The van der Waals surface area contributed by atoms with Crippen LogP contribution in [0, 0.1) is 6.92 Å². The maximum atomic E-state index is 12.4. The largest absolute Gasteiger partial charge is 0.360 e. The van der Waals surface area contributed by atoms with Crippen molar-refractivity contribution in [1.29, 1.82) is 0 Å². The number of carbonyl (C=O) groups excluding carboxylic acids is 1. The van der Waals surface area contributed by atoms with Crippen LogP contribution in [0.15, 0.2) is 4.52 Å². The Labute approximate surface area is 140 Å². The standard InChI is InChI=1S/C18H33N3O2/c1-7-10-12-21(6)18(5,11-8-2)13-19-17(22)16-14(4)15(9-3)23-20-16/h7-13H2,1-6H3,(H,19,22). The quantitative estimate of drug-likeness (QED) is 0.715. The Morgan fingerprint density at radius 1 is 1.30 bits per heavy atom. The molecule has 0 aliphatic carbocycles. The molecule has 1 unspecified atom stereocenters. The number of nitrogens with zero attached hydrogens (tertiary/aromatic N) is 2.